The molecule has 1 aliphatic rings. The van der Waals surface area contributed by atoms with Gasteiger partial charge in [0.15, 0.2) is 0 Å². The monoisotopic (exact) mass is 225 g/mol. The Hall–Kier alpha value is -1.02. The van der Waals surface area contributed by atoms with Crippen molar-refractivity contribution in [3.8, 4) is 0 Å². The van der Waals surface area contributed by atoms with E-state index in [0.717, 1.165) is 23.4 Å². The topological polar surface area (TPSA) is 21.6 Å². The van der Waals surface area contributed by atoms with Crippen LogP contribution in [0.4, 0.5) is 0 Å². The molecule has 0 amide bonds. The second-order valence-electron chi connectivity index (χ2n) is 3.39. The van der Waals surface area contributed by atoms with Crippen molar-refractivity contribution in [3.63, 3.8) is 0 Å². The van der Waals surface area contributed by atoms with E-state index in [0.29, 0.717) is 5.90 Å². The largest absolute Gasteiger partial charge is 0.481 e. The Labute approximate surface area is 96.0 Å². The molecule has 0 heterocycles. The number of nitrogens with zero attached hydrogens (tertiary/aromatic N) is 1. The van der Waals surface area contributed by atoms with Crippen LogP contribution in [0.1, 0.15) is 19.8 Å². The van der Waals surface area contributed by atoms with E-state index in [1.807, 2.05) is 25.2 Å². The normalized spacial score (nSPS) is 18.4. The Morgan fingerprint density at radius 2 is 2.33 bits per heavy atom. The molecule has 0 saturated heterocycles. The summed E-state index contributed by atoms with van der Waals surface area (Å²) in [5.74, 6) is 0.638. The van der Waals surface area contributed by atoms with Gasteiger partial charge in [-0.1, -0.05) is 17.7 Å². The standard InChI is InChI=1S/C12H16ClNO/c1-9(7-12(14-2)15-3)10-5-4-6-11(13)8-10/h6-8H,4-5H2,1-3H3/b9-7+,14-12?. The predicted molar refractivity (Wildman–Crippen MR) is 65.4 cm³/mol. The molecule has 82 valence electrons. The van der Waals surface area contributed by atoms with E-state index >= 15 is 0 Å². The third-order valence-electron chi connectivity index (χ3n) is 2.34. The van der Waals surface area contributed by atoms with Crippen molar-refractivity contribution >= 4 is 17.5 Å². The smallest absolute Gasteiger partial charge is 0.208 e. The average molecular weight is 226 g/mol. The highest BCUT2D eigenvalue weighted by Gasteiger charge is 2.06. The number of rotatable bonds is 2. The van der Waals surface area contributed by atoms with Crippen LogP contribution in [0.25, 0.3) is 0 Å². The number of halogens is 1. The number of ether oxygens (including phenoxy) is 1. The fourth-order valence-electron chi connectivity index (χ4n) is 1.47. The van der Waals surface area contributed by atoms with Gasteiger partial charge in [-0.25, -0.2) is 0 Å². The van der Waals surface area contributed by atoms with Crippen molar-refractivity contribution in [2.45, 2.75) is 19.8 Å². The molecule has 0 atom stereocenters. The summed E-state index contributed by atoms with van der Waals surface area (Å²) in [6, 6.07) is 0. The number of hydrogen-bond acceptors (Lipinski definition) is 2. The molecule has 0 aliphatic heterocycles. The van der Waals surface area contributed by atoms with E-state index in [1.165, 1.54) is 5.57 Å². The highest BCUT2D eigenvalue weighted by atomic mass is 35.5. The maximum atomic E-state index is 5.96. The summed E-state index contributed by atoms with van der Waals surface area (Å²) in [7, 11) is 3.33. The first kappa shape index (κ1) is 12.1. The van der Waals surface area contributed by atoms with Crippen molar-refractivity contribution in [3.05, 3.63) is 34.4 Å². The van der Waals surface area contributed by atoms with Gasteiger partial charge >= 0.3 is 0 Å². The summed E-state index contributed by atoms with van der Waals surface area (Å²) in [6.07, 6.45) is 7.99. The zero-order valence-electron chi connectivity index (χ0n) is 9.38. The zero-order valence-corrected chi connectivity index (χ0v) is 10.1. The first-order valence-electron chi connectivity index (χ1n) is 4.93. The molecule has 15 heavy (non-hydrogen) atoms. The van der Waals surface area contributed by atoms with Crippen LogP contribution in [0.5, 0.6) is 0 Å². The molecule has 1 rings (SSSR count). The van der Waals surface area contributed by atoms with Crippen LogP contribution >= 0.6 is 11.6 Å². The van der Waals surface area contributed by atoms with Crippen LogP contribution in [0.15, 0.2) is 39.4 Å². The van der Waals surface area contributed by atoms with Crippen molar-refractivity contribution in [2.24, 2.45) is 4.99 Å². The number of allylic oxidation sites excluding steroid dienone is 5. The Morgan fingerprint density at radius 3 is 2.87 bits per heavy atom. The van der Waals surface area contributed by atoms with Gasteiger partial charge in [0.05, 0.1) is 7.11 Å². The molecule has 3 heteroatoms. The third-order valence-corrected chi connectivity index (χ3v) is 2.60. The molecule has 0 aromatic heterocycles. The minimum atomic E-state index is 0.638. The summed E-state index contributed by atoms with van der Waals surface area (Å²) in [4.78, 5) is 4.00. The van der Waals surface area contributed by atoms with E-state index in [2.05, 4.69) is 4.99 Å². The van der Waals surface area contributed by atoms with Crippen LogP contribution in [-0.4, -0.2) is 20.1 Å². The van der Waals surface area contributed by atoms with Gasteiger partial charge in [0.25, 0.3) is 0 Å². The second kappa shape index (κ2) is 5.76. The third kappa shape index (κ3) is 3.56. The highest BCUT2D eigenvalue weighted by molar-refractivity contribution is 6.31. The first-order valence-corrected chi connectivity index (χ1v) is 5.31. The van der Waals surface area contributed by atoms with Crippen LogP contribution in [0.3, 0.4) is 0 Å². The molecule has 0 spiro atoms. The Kier molecular flexibility index (Phi) is 4.63. The molecular formula is C12H16ClNO. The van der Waals surface area contributed by atoms with Crippen molar-refractivity contribution in [2.75, 3.05) is 14.2 Å². The summed E-state index contributed by atoms with van der Waals surface area (Å²) < 4.78 is 5.09. The van der Waals surface area contributed by atoms with Crippen LogP contribution in [-0.2, 0) is 4.74 Å². The molecule has 0 aromatic rings. The van der Waals surface area contributed by atoms with E-state index in [9.17, 15) is 0 Å². The van der Waals surface area contributed by atoms with E-state index < -0.39 is 0 Å². The lowest BCUT2D eigenvalue weighted by Crippen LogP contribution is -1.99. The summed E-state index contributed by atoms with van der Waals surface area (Å²) in [6.45, 7) is 2.05. The number of aliphatic imine (C=N–C) groups is 1. The quantitative estimate of drug-likeness (QED) is 0.521. The first-order chi connectivity index (χ1) is 7.17. The lowest BCUT2D eigenvalue weighted by Gasteiger charge is -2.11. The molecule has 1 aliphatic carbocycles. The molecular weight excluding hydrogens is 210 g/mol. The van der Waals surface area contributed by atoms with E-state index in [4.69, 9.17) is 16.3 Å². The molecule has 0 saturated carbocycles. The van der Waals surface area contributed by atoms with Gasteiger partial charge in [-0.2, -0.15) is 0 Å². The van der Waals surface area contributed by atoms with E-state index in [-0.39, 0.29) is 0 Å². The number of hydrogen-bond donors (Lipinski definition) is 0. The van der Waals surface area contributed by atoms with Gasteiger partial charge in [0.1, 0.15) is 0 Å². The van der Waals surface area contributed by atoms with Crippen LogP contribution < -0.4 is 0 Å². The Morgan fingerprint density at radius 1 is 1.60 bits per heavy atom. The van der Waals surface area contributed by atoms with Gasteiger partial charge in [0, 0.05) is 18.2 Å². The Balaban J connectivity index is 2.85. The molecule has 0 N–H and O–H groups in total. The highest BCUT2D eigenvalue weighted by Crippen LogP contribution is 2.25. The predicted octanol–water partition coefficient (Wildman–Crippen LogP) is 3.45. The summed E-state index contributed by atoms with van der Waals surface area (Å²) in [5.41, 5.74) is 2.41. The molecule has 0 aromatic carbocycles. The SMILES string of the molecule is CN=C(/C=C(\C)C1=CC(Cl)=CCC1)OC. The molecule has 0 radical (unpaired) electrons. The lowest BCUT2D eigenvalue weighted by atomic mass is 9.98. The van der Waals surface area contributed by atoms with Crippen molar-refractivity contribution < 1.29 is 4.74 Å². The van der Waals surface area contributed by atoms with Gasteiger partial charge in [-0.15, -0.1) is 0 Å². The lowest BCUT2D eigenvalue weighted by molar-refractivity contribution is 0.406. The summed E-state index contributed by atoms with van der Waals surface area (Å²) >= 11 is 5.96. The van der Waals surface area contributed by atoms with Crippen molar-refractivity contribution in [1.29, 1.82) is 0 Å². The Bertz CT molecular complexity index is 351. The minimum Gasteiger partial charge on any atom is -0.481 e. The fourth-order valence-corrected chi connectivity index (χ4v) is 1.71. The molecule has 0 fully saturated rings. The van der Waals surface area contributed by atoms with Crippen LogP contribution in [0, 0.1) is 0 Å². The van der Waals surface area contributed by atoms with Crippen LogP contribution in [0.2, 0.25) is 0 Å². The molecule has 2 nitrogen and oxygen atoms in total. The number of methoxy groups -OCH3 is 1. The summed E-state index contributed by atoms with van der Waals surface area (Å²) in [5, 5.41) is 0.816. The van der Waals surface area contributed by atoms with Gasteiger partial charge in [-0.05, 0) is 37.0 Å². The van der Waals surface area contributed by atoms with Crippen molar-refractivity contribution in [1.82, 2.24) is 0 Å². The molecule has 0 unspecified atom stereocenters. The van der Waals surface area contributed by atoms with Gasteiger partial charge in [0.2, 0.25) is 5.90 Å². The maximum Gasteiger partial charge on any atom is 0.208 e. The second-order valence-corrected chi connectivity index (χ2v) is 3.83. The van der Waals surface area contributed by atoms with Gasteiger partial charge in [-0.3, -0.25) is 4.99 Å². The fraction of sp³-hybridized carbons (Fsp3) is 0.417. The van der Waals surface area contributed by atoms with E-state index in [1.54, 1.807) is 14.2 Å². The maximum absolute atomic E-state index is 5.96. The van der Waals surface area contributed by atoms with Gasteiger partial charge < -0.3 is 4.74 Å². The minimum absolute atomic E-state index is 0.638. The zero-order chi connectivity index (χ0) is 11.3. The molecule has 0 bridgehead atoms. The average Bonchev–Trinajstić information content (AvgIpc) is 2.25.